The molecule has 0 aliphatic carbocycles. The molecule has 2 aliphatic heterocycles. The maximum atomic E-state index is 5.73. The van der Waals surface area contributed by atoms with E-state index < -0.39 is 0 Å². The minimum atomic E-state index is 0.315. The van der Waals surface area contributed by atoms with Gasteiger partial charge in [0.05, 0.1) is 33.0 Å². The predicted octanol–water partition coefficient (Wildman–Crippen LogP) is 2.39. The van der Waals surface area contributed by atoms with Gasteiger partial charge in [-0.1, -0.05) is 12.1 Å². The molecule has 0 amide bonds. The fourth-order valence-electron chi connectivity index (χ4n) is 4.43. The van der Waals surface area contributed by atoms with Crippen LogP contribution in [0.4, 0.5) is 0 Å². The largest absolute Gasteiger partial charge is 0.497 e. The van der Waals surface area contributed by atoms with E-state index in [2.05, 4.69) is 38.3 Å². The molecule has 30 heavy (non-hydrogen) atoms. The van der Waals surface area contributed by atoms with Gasteiger partial charge >= 0.3 is 0 Å². The summed E-state index contributed by atoms with van der Waals surface area (Å²) in [5.74, 6) is 2.45. The molecule has 1 aromatic carbocycles. The van der Waals surface area contributed by atoms with Crippen molar-refractivity contribution in [3.63, 3.8) is 0 Å². The van der Waals surface area contributed by atoms with Gasteiger partial charge in [-0.2, -0.15) is 0 Å². The van der Waals surface area contributed by atoms with Crippen molar-refractivity contribution in [1.29, 1.82) is 0 Å². The van der Waals surface area contributed by atoms with E-state index in [9.17, 15) is 0 Å². The fraction of sp³-hybridized carbons (Fsp3) is 0.696. The molecule has 0 saturated carbocycles. The quantitative estimate of drug-likeness (QED) is 0.358. The highest BCUT2D eigenvalue weighted by Crippen LogP contribution is 2.27. The van der Waals surface area contributed by atoms with Gasteiger partial charge in [-0.15, -0.1) is 0 Å². The molecule has 2 heterocycles. The normalized spacial score (nSPS) is 21.2. The summed E-state index contributed by atoms with van der Waals surface area (Å²) in [4.78, 5) is 9.50. The first-order valence-electron chi connectivity index (χ1n) is 11.2. The zero-order valence-electron chi connectivity index (χ0n) is 18.8. The van der Waals surface area contributed by atoms with Crippen LogP contribution >= 0.6 is 0 Å². The van der Waals surface area contributed by atoms with Gasteiger partial charge in [0.25, 0.3) is 0 Å². The maximum absolute atomic E-state index is 5.73. The highest BCUT2D eigenvalue weighted by atomic mass is 16.5. The molecule has 1 aromatic rings. The Morgan fingerprint density at radius 3 is 2.77 bits per heavy atom. The van der Waals surface area contributed by atoms with Crippen LogP contribution in [0, 0.1) is 5.92 Å². The van der Waals surface area contributed by atoms with Gasteiger partial charge in [0.1, 0.15) is 5.75 Å². The number of nitrogens with zero attached hydrogens (tertiary/aromatic N) is 3. The summed E-state index contributed by atoms with van der Waals surface area (Å²) in [6.45, 7) is 7.24. The summed E-state index contributed by atoms with van der Waals surface area (Å²) in [6, 6.07) is 8.78. The lowest BCUT2D eigenvalue weighted by atomic mass is 10.1. The van der Waals surface area contributed by atoms with Crippen LogP contribution in [-0.4, -0.2) is 89.6 Å². The number of hydrogen-bond donors (Lipinski definition) is 1. The van der Waals surface area contributed by atoms with Crippen molar-refractivity contribution in [1.82, 2.24) is 15.1 Å². The Kier molecular flexibility index (Phi) is 9.24. The third kappa shape index (κ3) is 6.33. The van der Waals surface area contributed by atoms with Crippen LogP contribution in [0.5, 0.6) is 5.75 Å². The van der Waals surface area contributed by atoms with Crippen molar-refractivity contribution >= 4 is 5.96 Å². The van der Waals surface area contributed by atoms with E-state index >= 15 is 0 Å². The van der Waals surface area contributed by atoms with Crippen LogP contribution in [0.25, 0.3) is 0 Å². The molecule has 2 saturated heterocycles. The van der Waals surface area contributed by atoms with Crippen LogP contribution in [0.1, 0.15) is 30.9 Å². The smallest absolute Gasteiger partial charge is 0.193 e. The Hall–Kier alpha value is -1.83. The Morgan fingerprint density at radius 2 is 2.03 bits per heavy atom. The van der Waals surface area contributed by atoms with Crippen molar-refractivity contribution in [2.24, 2.45) is 10.9 Å². The molecule has 2 atom stereocenters. The van der Waals surface area contributed by atoms with Crippen LogP contribution in [0.2, 0.25) is 0 Å². The van der Waals surface area contributed by atoms with E-state index in [0.29, 0.717) is 25.2 Å². The molecular weight excluding hydrogens is 380 g/mol. The van der Waals surface area contributed by atoms with E-state index in [1.807, 2.05) is 13.1 Å². The first kappa shape index (κ1) is 22.8. The van der Waals surface area contributed by atoms with Gasteiger partial charge in [0.15, 0.2) is 5.96 Å². The summed E-state index contributed by atoms with van der Waals surface area (Å²) in [5, 5.41) is 3.65. The number of benzene rings is 1. The topological polar surface area (TPSA) is 58.6 Å². The molecule has 7 heteroatoms. The Bertz CT molecular complexity index is 664. The van der Waals surface area contributed by atoms with Gasteiger partial charge in [0.2, 0.25) is 0 Å². The van der Waals surface area contributed by atoms with Crippen LogP contribution in [0.15, 0.2) is 29.3 Å². The Morgan fingerprint density at radius 1 is 1.20 bits per heavy atom. The monoisotopic (exact) mass is 418 g/mol. The lowest BCUT2D eigenvalue weighted by Gasteiger charge is -2.30. The highest BCUT2D eigenvalue weighted by Gasteiger charge is 2.27. The van der Waals surface area contributed by atoms with Gasteiger partial charge in [-0.05, 0) is 50.0 Å². The first-order valence-corrected chi connectivity index (χ1v) is 11.2. The SMILES string of the molecule is CN=C(NCC(c1cccc(OC)c1)N1CCCC1)N1CCC(COCCOC)C1. The number of rotatable bonds is 10. The summed E-state index contributed by atoms with van der Waals surface area (Å²) in [5.41, 5.74) is 1.30. The fourth-order valence-corrected chi connectivity index (χ4v) is 4.43. The van der Waals surface area contributed by atoms with Crippen LogP contribution in [-0.2, 0) is 9.47 Å². The molecule has 1 N–H and O–H groups in total. The number of hydrogen-bond acceptors (Lipinski definition) is 5. The van der Waals surface area contributed by atoms with E-state index in [4.69, 9.17) is 14.2 Å². The summed E-state index contributed by atoms with van der Waals surface area (Å²) < 4.78 is 16.3. The molecule has 2 fully saturated rings. The lowest BCUT2D eigenvalue weighted by Crippen LogP contribution is -2.44. The first-order chi connectivity index (χ1) is 14.7. The lowest BCUT2D eigenvalue weighted by molar-refractivity contribution is 0.0536. The van der Waals surface area contributed by atoms with E-state index in [-0.39, 0.29) is 0 Å². The summed E-state index contributed by atoms with van der Waals surface area (Å²) >= 11 is 0. The second kappa shape index (κ2) is 12.1. The third-order valence-electron chi connectivity index (χ3n) is 6.10. The molecule has 0 bridgehead atoms. The molecular formula is C23H38N4O3. The zero-order chi connectivity index (χ0) is 21.2. The van der Waals surface area contributed by atoms with Gasteiger partial charge in [0, 0.05) is 39.7 Å². The second-order valence-electron chi connectivity index (χ2n) is 8.13. The van der Waals surface area contributed by atoms with Crippen molar-refractivity contribution in [3.05, 3.63) is 29.8 Å². The van der Waals surface area contributed by atoms with Crippen LogP contribution < -0.4 is 10.1 Å². The molecule has 0 aromatic heterocycles. The van der Waals surface area contributed by atoms with E-state index in [1.54, 1.807) is 14.2 Å². The number of methoxy groups -OCH3 is 2. The van der Waals surface area contributed by atoms with Crippen molar-refractivity contribution in [3.8, 4) is 5.75 Å². The standard InChI is InChI=1S/C23H38N4O3/c1-24-23(27-12-9-19(17-27)18-30-14-13-28-2)25-16-22(26-10-4-5-11-26)20-7-6-8-21(15-20)29-3/h6-8,15,19,22H,4-5,9-14,16-18H2,1-3H3,(H,24,25). The number of aliphatic imine (C=N–C) groups is 1. The van der Waals surface area contributed by atoms with E-state index in [0.717, 1.165) is 57.5 Å². The van der Waals surface area contributed by atoms with Crippen molar-refractivity contribution in [2.45, 2.75) is 25.3 Å². The molecule has 2 aliphatic rings. The number of nitrogens with one attached hydrogen (secondary N) is 1. The minimum Gasteiger partial charge on any atom is -0.497 e. The summed E-state index contributed by atoms with van der Waals surface area (Å²) in [6.07, 6.45) is 3.68. The second-order valence-corrected chi connectivity index (χ2v) is 8.13. The molecule has 0 radical (unpaired) electrons. The van der Waals surface area contributed by atoms with Crippen molar-refractivity contribution in [2.75, 3.05) is 73.8 Å². The van der Waals surface area contributed by atoms with Crippen LogP contribution in [0.3, 0.4) is 0 Å². The molecule has 168 valence electrons. The minimum absolute atomic E-state index is 0.315. The van der Waals surface area contributed by atoms with E-state index in [1.165, 1.54) is 18.4 Å². The maximum Gasteiger partial charge on any atom is 0.193 e. The zero-order valence-corrected chi connectivity index (χ0v) is 18.8. The average molecular weight is 419 g/mol. The molecule has 2 unspecified atom stereocenters. The highest BCUT2D eigenvalue weighted by molar-refractivity contribution is 5.80. The summed E-state index contributed by atoms with van der Waals surface area (Å²) in [7, 11) is 5.31. The Labute approximate surface area is 181 Å². The van der Waals surface area contributed by atoms with Gasteiger partial charge < -0.3 is 24.4 Å². The number of likely N-dealkylation sites (tertiary alicyclic amines) is 2. The van der Waals surface area contributed by atoms with Gasteiger partial charge in [-0.25, -0.2) is 0 Å². The number of ether oxygens (including phenoxy) is 3. The Balaban J connectivity index is 1.57. The predicted molar refractivity (Wildman–Crippen MR) is 120 cm³/mol. The van der Waals surface area contributed by atoms with Gasteiger partial charge in [-0.3, -0.25) is 9.89 Å². The average Bonchev–Trinajstić information content (AvgIpc) is 3.47. The van der Waals surface area contributed by atoms with Crippen molar-refractivity contribution < 1.29 is 14.2 Å². The molecule has 7 nitrogen and oxygen atoms in total. The number of guanidine groups is 1. The molecule has 3 rings (SSSR count). The third-order valence-corrected chi connectivity index (χ3v) is 6.10. The molecule has 0 spiro atoms.